The van der Waals surface area contributed by atoms with E-state index in [4.69, 9.17) is 28.2 Å². The van der Waals surface area contributed by atoms with Gasteiger partial charge in [-0.15, -0.1) is 0 Å². The lowest BCUT2D eigenvalue weighted by atomic mass is 10.0. The predicted molar refractivity (Wildman–Crippen MR) is 134 cm³/mol. The maximum absolute atomic E-state index is 12.8. The number of aliphatic imine (C=N–C) groups is 2. The van der Waals surface area contributed by atoms with Crippen LogP contribution in [-0.4, -0.2) is 84.6 Å². The number of nitrogens with zero attached hydrogens (tertiary/aromatic N) is 5. The molecule has 8 heteroatoms. The fraction of sp³-hybridized carbons (Fsp3) is 0.400. The molecule has 3 heterocycles. The molecule has 2 fully saturated rings. The summed E-state index contributed by atoms with van der Waals surface area (Å²) in [6.45, 7) is 5.91. The van der Waals surface area contributed by atoms with Crippen molar-refractivity contribution in [2.75, 3.05) is 45.8 Å². The Labute approximate surface area is 204 Å². The summed E-state index contributed by atoms with van der Waals surface area (Å²) in [7, 11) is 0. The second kappa shape index (κ2) is 9.84. The number of carbonyl (C=O) groups excluding carboxylic acids is 1. The largest absolute Gasteiger partial charge is 0.340 e. The number of benzene rings is 2. The third-order valence-corrected chi connectivity index (χ3v) is 7.26. The Morgan fingerprint density at radius 3 is 2.18 bits per heavy atom. The van der Waals surface area contributed by atoms with Crippen molar-refractivity contribution in [3.8, 4) is 0 Å². The monoisotopic (exact) mass is 483 g/mol. The maximum atomic E-state index is 12.8. The van der Waals surface area contributed by atoms with Crippen LogP contribution >= 0.6 is 23.2 Å². The molecule has 172 valence electrons. The first-order chi connectivity index (χ1) is 16.1. The van der Waals surface area contributed by atoms with Crippen LogP contribution < -0.4 is 0 Å². The molecule has 1 amide bonds. The molecule has 5 rings (SSSR count). The van der Waals surface area contributed by atoms with Gasteiger partial charge in [-0.25, -0.2) is 4.99 Å². The van der Waals surface area contributed by atoms with Crippen LogP contribution in [0.25, 0.3) is 0 Å². The molecule has 1 unspecified atom stereocenters. The average molecular weight is 484 g/mol. The van der Waals surface area contributed by atoms with Crippen LogP contribution in [0.2, 0.25) is 10.0 Å². The quantitative estimate of drug-likeness (QED) is 0.661. The Morgan fingerprint density at radius 2 is 1.55 bits per heavy atom. The van der Waals surface area contributed by atoms with Crippen molar-refractivity contribution in [1.82, 2.24) is 14.7 Å². The van der Waals surface area contributed by atoms with Gasteiger partial charge in [0.15, 0.2) is 0 Å². The van der Waals surface area contributed by atoms with Gasteiger partial charge in [0, 0.05) is 73.1 Å². The highest BCUT2D eigenvalue weighted by Gasteiger charge is 2.33. The summed E-state index contributed by atoms with van der Waals surface area (Å²) in [4.78, 5) is 29.0. The van der Waals surface area contributed by atoms with E-state index < -0.39 is 0 Å². The number of hydrogen-bond donors (Lipinski definition) is 0. The first kappa shape index (κ1) is 22.4. The van der Waals surface area contributed by atoms with Crippen LogP contribution in [0.1, 0.15) is 28.3 Å². The van der Waals surface area contributed by atoms with Crippen molar-refractivity contribution in [1.29, 1.82) is 0 Å². The summed E-state index contributed by atoms with van der Waals surface area (Å²) in [6.07, 6.45) is 3.11. The van der Waals surface area contributed by atoms with Crippen LogP contribution in [-0.2, 0) is 0 Å². The molecular weight excluding hydrogens is 457 g/mol. The van der Waals surface area contributed by atoms with E-state index >= 15 is 0 Å². The molecule has 33 heavy (non-hydrogen) atoms. The van der Waals surface area contributed by atoms with Gasteiger partial charge in [0.1, 0.15) is 0 Å². The Bertz CT molecular complexity index is 1050. The first-order valence-corrected chi connectivity index (χ1v) is 12.2. The van der Waals surface area contributed by atoms with Crippen molar-refractivity contribution < 1.29 is 4.79 Å². The number of rotatable bonds is 3. The lowest BCUT2D eigenvalue weighted by Gasteiger charge is -2.38. The molecule has 0 radical (unpaired) electrons. The van der Waals surface area contributed by atoms with E-state index in [1.165, 1.54) is 5.56 Å². The van der Waals surface area contributed by atoms with E-state index in [-0.39, 0.29) is 11.8 Å². The van der Waals surface area contributed by atoms with Gasteiger partial charge >= 0.3 is 0 Å². The van der Waals surface area contributed by atoms with E-state index in [0.717, 1.165) is 56.7 Å². The van der Waals surface area contributed by atoms with Crippen molar-refractivity contribution in [2.24, 2.45) is 9.98 Å². The molecule has 0 aliphatic carbocycles. The molecule has 6 nitrogen and oxygen atoms in total. The minimum atomic E-state index is 0.0838. The fourth-order valence-electron chi connectivity index (χ4n) is 4.79. The van der Waals surface area contributed by atoms with E-state index in [0.29, 0.717) is 23.2 Å². The summed E-state index contributed by atoms with van der Waals surface area (Å²) < 4.78 is 0. The predicted octanol–water partition coefficient (Wildman–Crippen LogP) is 4.05. The molecule has 0 spiro atoms. The van der Waals surface area contributed by atoms with E-state index in [1.54, 1.807) is 24.3 Å². The summed E-state index contributed by atoms with van der Waals surface area (Å²) in [5.74, 6) is 1.13. The summed E-state index contributed by atoms with van der Waals surface area (Å²) in [6, 6.07) is 15.5. The zero-order valence-electron chi connectivity index (χ0n) is 18.4. The van der Waals surface area contributed by atoms with Crippen LogP contribution in [0.15, 0.2) is 58.5 Å². The molecule has 3 aliphatic heterocycles. The Morgan fingerprint density at radius 1 is 0.879 bits per heavy atom. The van der Waals surface area contributed by atoms with Crippen molar-refractivity contribution >= 4 is 41.3 Å². The summed E-state index contributed by atoms with van der Waals surface area (Å²) in [5.41, 5.74) is 1.89. The van der Waals surface area contributed by atoms with E-state index in [1.807, 2.05) is 35.4 Å². The minimum absolute atomic E-state index is 0.0838. The van der Waals surface area contributed by atoms with Crippen molar-refractivity contribution in [2.45, 2.75) is 18.4 Å². The van der Waals surface area contributed by atoms with Gasteiger partial charge < -0.3 is 9.80 Å². The summed E-state index contributed by atoms with van der Waals surface area (Å²) in [5, 5.41) is 1.39. The number of halogens is 2. The third kappa shape index (κ3) is 5.08. The first-order valence-electron chi connectivity index (χ1n) is 11.4. The highest BCUT2D eigenvalue weighted by Crippen LogP contribution is 2.23. The molecule has 0 saturated carbocycles. The second-order valence-corrected chi connectivity index (χ2v) is 9.67. The van der Waals surface area contributed by atoms with Gasteiger partial charge in [-0.05, 0) is 48.4 Å². The molecule has 2 aromatic carbocycles. The maximum Gasteiger partial charge on any atom is 0.253 e. The average Bonchev–Trinajstić information content (AvgIpc) is 3.35. The van der Waals surface area contributed by atoms with E-state index in [2.05, 4.69) is 14.8 Å². The molecule has 0 bridgehead atoms. The Kier molecular flexibility index (Phi) is 6.67. The van der Waals surface area contributed by atoms with E-state index in [9.17, 15) is 4.79 Å². The lowest BCUT2D eigenvalue weighted by Crippen LogP contribution is -2.52. The van der Waals surface area contributed by atoms with Crippen LogP contribution in [0.3, 0.4) is 0 Å². The highest BCUT2D eigenvalue weighted by atomic mass is 35.5. The number of piperazine rings is 1. The van der Waals surface area contributed by atoms with Crippen LogP contribution in [0.5, 0.6) is 0 Å². The zero-order valence-corrected chi connectivity index (χ0v) is 19.9. The molecule has 2 aromatic rings. The Balaban J connectivity index is 1.12. The number of amides is 1. The molecule has 2 atom stereocenters. The zero-order chi connectivity index (χ0) is 22.8. The van der Waals surface area contributed by atoms with Gasteiger partial charge in [0.2, 0.25) is 5.96 Å². The Hall–Kier alpha value is -2.41. The van der Waals surface area contributed by atoms with Gasteiger partial charge in [0.05, 0.1) is 6.54 Å². The summed E-state index contributed by atoms with van der Waals surface area (Å²) >= 11 is 11.9. The number of guanidine groups is 1. The lowest BCUT2D eigenvalue weighted by molar-refractivity contribution is 0.0579. The van der Waals surface area contributed by atoms with Crippen molar-refractivity contribution in [3.63, 3.8) is 0 Å². The number of carbonyl (C=O) groups is 1. The number of hydrogen-bond acceptors (Lipinski definition) is 5. The SMILES string of the molecule is O=C(c1ccc(Cl)cc1)N1CCN([C@H]2CCN(C3=NCC(c4ccc(Cl)cc4)C=N3)C2)CC1. The molecule has 3 aliphatic rings. The van der Waals surface area contributed by atoms with Gasteiger partial charge in [-0.1, -0.05) is 35.3 Å². The molecule has 0 aromatic heterocycles. The van der Waals surface area contributed by atoms with Crippen LogP contribution in [0, 0.1) is 0 Å². The van der Waals surface area contributed by atoms with Crippen LogP contribution in [0.4, 0.5) is 0 Å². The van der Waals surface area contributed by atoms with Gasteiger partial charge in [-0.3, -0.25) is 14.7 Å². The minimum Gasteiger partial charge on any atom is -0.340 e. The van der Waals surface area contributed by atoms with Crippen molar-refractivity contribution in [3.05, 3.63) is 69.7 Å². The molecule has 0 N–H and O–H groups in total. The third-order valence-electron chi connectivity index (χ3n) is 6.75. The highest BCUT2D eigenvalue weighted by molar-refractivity contribution is 6.30. The second-order valence-electron chi connectivity index (χ2n) is 8.80. The molecule has 2 saturated heterocycles. The molecular formula is C25H27Cl2N5O. The standard InChI is InChI=1S/C25H27Cl2N5O/c26-21-5-1-18(2-6-21)20-15-28-25(29-16-20)32-10-9-23(17-32)30-11-13-31(14-12-30)24(33)19-3-7-22(27)8-4-19/h1-8,15,20,23H,9-14,16-17H2/t20?,23-/m0/s1. The van der Waals surface area contributed by atoms with Gasteiger partial charge in [0.25, 0.3) is 5.91 Å². The number of likely N-dealkylation sites (tertiary alicyclic amines) is 1. The fourth-order valence-corrected chi connectivity index (χ4v) is 5.05. The topological polar surface area (TPSA) is 51.5 Å². The van der Waals surface area contributed by atoms with Gasteiger partial charge in [-0.2, -0.15) is 0 Å². The normalized spacial score (nSPS) is 23.6. The smallest absolute Gasteiger partial charge is 0.253 e.